The summed E-state index contributed by atoms with van der Waals surface area (Å²) < 4.78 is 26.3. The average Bonchev–Trinajstić information content (AvgIpc) is 2.23. The van der Waals surface area contributed by atoms with E-state index in [4.69, 9.17) is 11.0 Å². The van der Waals surface area contributed by atoms with Gasteiger partial charge in [-0.15, -0.1) is 0 Å². The van der Waals surface area contributed by atoms with Crippen LogP contribution in [-0.2, 0) is 0 Å². The van der Waals surface area contributed by atoms with Crippen molar-refractivity contribution in [3.63, 3.8) is 0 Å². The summed E-state index contributed by atoms with van der Waals surface area (Å²) in [4.78, 5) is 0. The maximum atomic E-state index is 13.2. The second-order valence-corrected chi connectivity index (χ2v) is 2.95. The van der Waals surface area contributed by atoms with Gasteiger partial charge < -0.3 is 5.73 Å². The topological polar surface area (TPSA) is 49.8 Å². The molecule has 0 aliphatic carbocycles. The zero-order chi connectivity index (χ0) is 11.3. The summed E-state index contributed by atoms with van der Waals surface area (Å²) in [6.45, 7) is 0.455. The first-order chi connectivity index (χ1) is 7.19. The van der Waals surface area contributed by atoms with Gasteiger partial charge in [0, 0.05) is 5.56 Å². The molecule has 0 radical (unpaired) electrons. The predicted octanol–water partition coefficient (Wildman–Crippen LogP) is 2.20. The molecule has 0 saturated carbocycles. The van der Waals surface area contributed by atoms with E-state index in [0.29, 0.717) is 13.0 Å². The average molecular weight is 208 g/mol. The second-order valence-electron chi connectivity index (χ2n) is 2.95. The van der Waals surface area contributed by atoms with Crippen molar-refractivity contribution in [2.24, 2.45) is 5.73 Å². The summed E-state index contributed by atoms with van der Waals surface area (Å²) in [5.74, 6) is -1.33. The molecule has 1 aromatic carbocycles. The van der Waals surface area contributed by atoms with Crippen LogP contribution >= 0.6 is 0 Å². The van der Waals surface area contributed by atoms with Gasteiger partial charge in [0.2, 0.25) is 0 Å². The Balaban J connectivity index is 3.01. The lowest BCUT2D eigenvalue weighted by atomic mass is 10.1. The largest absolute Gasteiger partial charge is 0.330 e. The molecule has 4 heteroatoms. The fraction of sp³-hybridized carbons (Fsp3) is 0.182. The molecular weight excluding hydrogens is 198 g/mol. The Morgan fingerprint density at radius 2 is 2.07 bits per heavy atom. The van der Waals surface area contributed by atoms with E-state index in [0.717, 1.165) is 12.1 Å². The highest BCUT2D eigenvalue weighted by molar-refractivity contribution is 5.52. The molecule has 0 heterocycles. The Morgan fingerprint density at radius 3 is 2.67 bits per heavy atom. The van der Waals surface area contributed by atoms with E-state index in [1.807, 2.05) is 0 Å². The van der Waals surface area contributed by atoms with Gasteiger partial charge in [-0.05, 0) is 25.1 Å². The zero-order valence-corrected chi connectivity index (χ0v) is 8.00. The molecule has 0 aromatic heterocycles. The first-order valence-corrected chi connectivity index (χ1v) is 4.44. The Hall–Kier alpha value is -1.73. The van der Waals surface area contributed by atoms with E-state index in [2.05, 4.69) is 0 Å². The lowest BCUT2D eigenvalue weighted by molar-refractivity contribution is 0.594. The summed E-state index contributed by atoms with van der Waals surface area (Å²) in [6.07, 6.45) is 3.71. The van der Waals surface area contributed by atoms with Crippen LogP contribution in [0.15, 0.2) is 18.2 Å². The Bertz CT molecular complexity index is 419. The molecule has 0 aliphatic rings. The molecular formula is C11H10F2N2. The highest BCUT2D eigenvalue weighted by atomic mass is 19.1. The standard InChI is InChI=1S/C11H10F2N2/c12-10-6-9(7-15)11(13)5-8(10)3-1-2-4-14/h1,3,5-6H,2,4,14H2. The fourth-order valence-electron chi connectivity index (χ4n) is 1.08. The summed E-state index contributed by atoms with van der Waals surface area (Å²) in [6, 6.07) is 3.46. The molecule has 2 N–H and O–H groups in total. The van der Waals surface area contributed by atoms with Gasteiger partial charge in [0.25, 0.3) is 0 Å². The first-order valence-electron chi connectivity index (χ1n) is 4.44. The molecule has 0 saturated heterocycles. The lowest BCUT2D eigenvalue weighted by Gasteiger charge is -1.99. The number of hydrogen-bond acceptors (Lipinski definition) is 2. The summed E-state index contributed by atoms with van der Waals surface area (Å²) in [5.41, 5.74) is 5.08. The van der Waals surface area contributed by atoms with Gasteiger partial charge in [-0.25, -0.2) is 8.78 Å². The summed E-state index contributed by atoms with van der Waals surface area (Å²) in [5, 5.41) is 8.46. The third-order valence-corrected chi connectivity index (χ3v) is 1.84. The van der Waals surface area contributed by atoms with Crippen LogP contribution in [0.3, 0.4) is 0 Å². The van der Waals surface area contributed by atoms with Crippen molar-refractivity contribution in [2.75, 3.05) is 6.54 Å². The Morgan fingerprint density at radius 1 is 1.33 bits per heavy atom. The van der Waals surface area contributed by atoms with Crippen LogP contribution in [-0.4, -0.2) is 6.54 Å². The van der Waals surface area contributed by atoms with Gasteiger partial charge in [0.05, 0.1) is 5.56 Å². The molecule has 78 valence electrons. The molecule has 1 aromatic rings. The molecule has 15 heavy (non-hydrogen) atoms. The van der Waals surface area contributed by atoms with Gasteiger partial charge in [-0.3, -0.25) is 0 Å². The van der Waals surface area contributed by atoms with Crippen LogP contribution in [0.4, 0.5) is 8.78 Å². The van der Waals surface area contributed by atoms with E-state index in [-0.39, 0.29) is 11.1 Å². The van der Waals surface area contributed by atoms with Crippen LogP contribution in [0, 0.1) is 23.0 Å². The first kappa shape index (κ1) is 11.3. The summed E-state index contributed by atoms with van der Waals surface area (Å²) in [7, 11) is 0. The van der Waals surface area contributed by atoms with Crippen molar-refractivity contribution in [1.82, 2.24) is 0 Å². The second kappa shape index (κ2) is 5.23. The quantitative estimate of drug-likeness (QED) is 0.827. The molecule has 0 spiro atoms. The number of nitriles is 1. The van der Waals surface area contributed by atoms with Crippen molar-refractivity contribution < 1.29 is 8.78 Å². The van der Waals surface area contributed by atoms with Gasteiger partial charge in [-0.2, -0.15) is 5.26 Å². The molecule has 1 rings (SSSR count). The number of nitrogens with two attached hydrogens (primary N) is 1. The number of hydrogen-bond donors (Lipinski definition) is 1. The van der Waals surface area contributed by atoms with Crippen molar-refractivity contribution in [1.29, 1.82) is 5.26 Å². The van der Waals surface area contributed by atoms with Gasteiger partial charge in [0.15, 0.2) is 0 Å². The van der Waals surface area contributed by atoms with E-state index in [1.165, 1.54) is 6.08 Å². The smallest absolute Gasteiger partial charge is 0.141 e. The number of rotatable bonds is 3. The minimum absolute atomic E-state index is 0.125. The molecule has 0 amide bonds. The minimum Gasteiger partial charge on any atom is -0.330 e. The van der Waals surface area contributed by atoms with Crippen LogP contribution in [0.5, 0.6) is 0 Å². The van der Waals surface area contributed by atoms with Crippen molar-refractivity contribution in [3.8, 4) is 6.07 Å². The fourth-order valence-corrected chi connectivity index (χ4v) is 1.08. The third kappa shape index (κ3) is 2.86. The zero-order valence-electron chi connectivity index (χ0n) is 8.00. The lowest BCUT2D eigenvalue weighted by Crippen LogP contribution is -1.95. The number of benzene rings is 1. The summed E-state index contributed by atoms with van der Waals surface area (Å²) >= 11 is 0. The molecule has 0 fully saturated rings. The Labute approximate surface area is 86.6 Å². The van der Waals surface area contributed by atoms with Crippen molar-refractivity contribution in [3.05, 3.63) is 41.0 Å². The van der Waals surface area contributed by atoms with E-state index in [1.54, 1.807) is 12.1 Å². The van der Waals surface area contributed by atoms with E-state index < -0.39 is 11.6 Å². The van der Waals surface area contributed by atoms with Crippen LogP contribution in [0.2, 0.25) is 0 Å². The Kier molecular flexibility index (Phi) is 3.95. The number of nitrogens with zero attached hydrogens (tertiary/aromatic N) is 1. The van der Waals surface area contributed by atoms with Crippen molar-refractivity contribution in [2.45, 2.75) is 6.42 Å². The van der Waals surface area contributed by atoms with Gasteiger partial charge in [-0.1, -0.05) is 12.2 Å². The van der Waals surface area contributed by atoms with Crippen LogP contribution in [0.25, 0.3) is 6.08 Å². The van der Waals surface area contributed by atoms with Gasteiger partial charge in [0.1, 0.15) is 17.7 Å². The monoisotopic (exact) mass is 208 g/mol. The van der Waals surface area contributed by atoms with Gasteiger partial charge >= 0.3 is 0 Å². The molecule has 0 bridgehead atoms. The highest BCUT2D eigenvalue weighted by Crippen LogP contribution is 2.15. The maximum Gasteiger partial charge on any atom is 0.141 e. The van der Waals surface area contributed by atoms with Crippen LogP contribution < -0.4 is 5.73 Å². The van der Waals surface area contributed by atoms with Crippen molar-refractivity contribution >= 4 is 6.08 Å². The normalized spacial score (nSPS) is 10.5. The molecule has 0 atom stereocenters. The SMILES string of the molecule is N#Cc1cc(F)c(C=CCCN)cc1F. The predicted molar refractivity (Wildman–Crippen MR) is 53.8 cm³/mol. The van der Waals surface area contributed by atoms with Crippen LogP contribution in [0.1, 0.15) is 17.5 Å². The maximum absolute atomic E-state index is 13.2. The van der Waals surface area contributed by atoms with E-state index >= 15 is 0 Å². The highest BCUT2D eigenvalue weighted by Gasteiger charge is 2.06. The minimum atomic E-state index is -0.716. The number of halogens is 2. The third-order valence-electron chi connectivity index (χ3n) is 1.84. The van der Waals surface area contributed by atoms with E-state index in [9.17, 15) is 8.78 Å². The molecule has 0 unspecified atom stereocenters. The molecule has 0 aliphatic heterocycles. The molecule has 2 nitrogen and oxygen atoms in total.